The number of hydrogen-bond donors (Lipinski definition) is 0. The molecule has 0 atom stereocenters. The Kier molecular flexibility index (Phi) is 3.30. The van der Waals surface area contributed by atoms with Gasteiger partial charge >= 0.3 is 0 Å². The van der Waals surface area contributed by atoms with Crippen molar-refractivity contribution in [3.8, 4) is 0 Å². The molecule has 0 saturated carbocycles. The maximum atomic E-state index is 13.1. The molecule has 0 unspecified atom stereocenters. The van der Waals surface area contributed by atoms with Crippen molar-refractivity contribution >= 4 is 19.7 Å². The number of hydrogen-bond acceptors (Lipinski definition) is 2. The third-order valence-corrected chi connectivity index (χ3v) is 2.77. The van der Waals surface area contributed by atoms with Crippen LogP contribution in [-0.4, -0.2) is 8.42 Å². The first-order valence-electron chi connectivity index (χ1n) is 3.77. The molecule has 7 heteroatoms. The molecule has 1 aromatic rings. The monoisotopic (exact) mass is 258 g/mol. The maximum absolute atomic E-state index is 13.1. The summed E-state index contributed by atoms with van der Waals surface area (Å²) < 4.78 is 60.3. The van der Waals surface area contributed by atoms with Gasteiger partial charge in [0.25, 0.3) is 0 Å². The lowest BCUT2D eigenvalue weighted by molar-refractivity contribution is 0.479. The van der Waals surface area contributed by atoms with E-state index in [9.17, 15) is 21.6 Å². The Bertz CT molecular complexity index is 499. The van der Waals surface area contributed by atoms with Crippen molar-refractivity contribution in [1.82, 2.24) is 0 Å². The minimum atomic E-state index is -4.05. The number of benzene rings is 1. The molecule has 0 aliphatic rings. The lowest BCUT2D eigenvalue weighted by atomic mass is 10.1. The summed E-state index contributed by atoms with van der Waals surface area (Å²) in [6.07, 6.45) is 0. The zero-order valence-electron chi connectivity index (χ0n) is 7.52. The molecule has 0 bridgehead atoms. The van der Waals surface area contributed by atoms with Crippen molar-refractivity contribution in [3.05, 3.63) is 34.6 Å². The van der Waals surface area contributed by atoms with E-state index < -0.39 is 43.4 Å². The van der Waals surface area contributed by atoms with Gasteiger partial charge in [-0.1, -0.05) is 0 Å². The number of rotatable bonds is 2. The normalized spacial score (nSPS) is 11.8. The molecule has 0 aromatic heterocycles. The van der Waals surface area contributed by atoms with Crippen LogP contribution < -0.4 is 0 Å². The molecule has 0 fully saturated rings. The molecule has 0 radical (unpaired) electrons. The predicted octanol–water partition coefficient (Wildman–Crippen LogP) is 2.48. The summed E-state index contributed by atoms with van der Waals surface area (Å²) in [5.74, 6) is -4.75. The molecule has 0 aliphatic heterocycles. The van der Waals surface area contributed by atoms with E-state index in [1.807, 2.05) is 0 Å². The van der Waals surface area contributed by atoms with Crippen molar-refractivity contribution in [2.75, 3.05) is 0 Å². The fourth-order valence-electron chi connectivity index (χ4n) is 1.03. The summed E-state index contributed by atoms with van der Waals surface area (Å²) in [6, 6.07) is 0.619. The Morgan fingerprint density at radius 3 is 2.27 bits per heavy atom. The molecular weight excluding hydrogens is 253 g/mol. The van der Waals surface area contributed by atoms with Crippen molar-refractivity contribution in [1.29, 1.82) is 0 Å². The fourth-order valence-corrected chi connectivity index (χ4v) is 1.96. The first-order chi connectivity index (χ1) is 6.72. The molecule has 0 heterocycles. The highest BCUT2D eigenvalue weighted by Crippen LogP contribution is 2.21. The van der Waals surface area contributed by atoms with Gasteiger partial charge in [-0.15, -0.1) is 0 Å². The third kappa shape index (κ3) is 2.85. The molecule has 84 valence electrons. The maximum Gasteiger partial charge on any atom is 0.236 e. The predicted molar refractivity (Wildman–Crippen MR) is 49.5 cm³/mol. The van der Waals surface area contributed by atoms with Crippen LogP contribution in [0.25, 0.3) is 0 Å². The first-order valence-corrected chi connectivity index (χ1v) is 6.25. The van der Waals surface area contributed by atoms with E-state index in [0.29, 0.717) is 6.07 Å². The van der Waals surface area contributed by atoms with Crippen molar-refractivity contribution in [2.24, 2.45) is 0 Å². The lowest BCUT2D eigenvalue weighted by Gasteiger charge is -2.05. The van der Waals surface area contributed by atoms with Gasteiger partial charge in [0.1, 0.15) is 5.82 Å². The zero-order valence-corrected chi connectivity index (χ0v) is 9.09. The average molecular weight is 259 g/mol. The molecule has 15 heavy (non-hydrogen) atoms. The van der Waals surface area contributed by atoms with Crippen LogP contribution in [0, 0.1) is 24.4 Å². The standard InChI is InChI=1S/C8H6ClF3O2S/c1-4-6(10)2-5(3-15(9,13)14)8(12)7(4)11/h2H,3H2,1H3. The first kappa shape index (κ1) is 12.3. The van der Waals surface area contributed by atoms with E-state index in [2.05, 4.69) is 0 Å². The van der Waals surface area contributed by atoms with E-state index >= 15 is 0 Å². The van der Waals surface area contributed by atoms with Crippen LogP contribution in [-0.2, 0) is 14.8 Å². The van der Waals surface area contributed by atoms with Crippen molar-refractivity contribution < 1.29 is 21.6 Å². The van der Waals surface area contributed by atoms with Gasteiger partial charge in [0, 0.05) is 21.8 Å². The number of halogens is 4. The summed E-state index contributed by atoms with van der Waals surface area (Å²) in [4.78, 5) is 0. The molecule has 2 nitrogen and oxygen atoms in total. The molecule has 0 saturated heterocycles. The van der Waals surface area contributed by atoms with Gasteiger partial charge in [-0.2, -0.15) is 0 Å². The molecule has 1 aromatic carbocycles. The van der Waals surface area contributed by atoms with Gasteiger partial charge in [-0.3, -0.25) is 0 Å². The van der Waals surface area contributed by atoms with Crippen LogP contribution in [0.3, 0.4) is 0 Å². The smallest absolute Gasteiger partial charge is 0.212 e. The van der Waals surface area contributed by atoms with Crippen LogP contribution in [0.2, 0.25) is 0 Å². The topological polar surface area (TPSA) is 34.1 Å². The molecular formula is C8H6ClF3O2S. The molecule has 0 spiro atoms. The van der Waals surface area contributed by atoms with E-state index in [0.717, 1.165) is 6.92 Å². The second-order valence-corrected chi connectivity index (χ2v) is 5.73. The van der Waals surface area contributed by atoms with E-state index in [-0.39, 0.29) is 0 Å². The van der Waals surface area contributed by atoms with Crippen LogP contribution in [0.5, 0.6) is 0 Å². The van der Waals surface area contributed by atoms with E-state index in [1.54, 1.807) is 0 Å². The Hall–Kier alpha value is -0.750. The Morgan fingerprint density at radius 1 is 1.27 bits per heavy atom. The summed E-state index contributed by atoms with van der Waals surface area (Å²) >= 11 is 0. The molecule has 0 amide bonds. The highest BCUT2D eigenvalue weighted by Gasteiger charge is 2.19. The zero-order chi connectivity index (χ0) is 11.8. The van der Waals surface area contributed by atoms with Crippen LogP contribution >= 0.6 is 10.7 Å². The van der Waals surface area contributed by atoms with Crippen LogP contribution in [0.1, 0.15) is 11.1 Å². The lowest BCUT2D eigenvalue weighted by Crippen LogP contribution is -2.04. The SMILES string of the molecule is Cc1c(F)cc(CS(=O)(=O)Cl)c(F)c1F. The third-order valence-electron chi connectivity index (χ3n) is 1.79. The van der Waals surface area contributed by atoms with Gasteiger partial charge in [0.2, 0.25) is 9.05 Å². The summed E-state index contributed by atoms with van der Waals surface area (Å²) in [6.45, 7) is 1.05. The van der Waals surface area contributed by atoms with Crippen LogP contribution in [0.4, 0.5) is 13.2 Å². The largest absolute Gasteiger partial charge is 0.236 e. The molecule has 0 aliphatic carbocycles. The second kappa shape index (κ2) is 4.02. The molecule has 1 rings (SSSR count). The fraction of sp³-hybridized carbons (Fsp3) is 0.250. The van der Waals surface area contributed by atoms with Crippen LogP contribution in [0.15, 0.2) is 6.07 Å². The Labute approximate surface area is 89.1 Å². The van der Waals surface area contributed by atoms with E-state index in [1.165, 1.54) is 0 Å². The Balaban J connectivity index is 3.33. The second-order valence-electron chi connectivity index (χ2n) is 2.95. The van der Waals surface area contributed by atoms with Gasteiger partial charge in [-0.25, -0.2) is 21.6 Å². The summed E-state index contributed by atoms with van der Waals surface area (Å²) in [5.41, 5.74) is -1.12. The summed E-state index contributed by atoms with van der Waals surface area (Å²) in [7, 11) is 0.798. The van der Waals surface area contributed by atoms with Gasteiger partial charge < -0.3 is 0 Å². The van der Waals surface area contributed by atoms with E-state index in [4.69, 9.17) is 10.7 Å². The highest BCUT2D eigenvalue weighted by atomic mass is 35.7. The minimum Gasteiger partial charge on any atom is -0.212 e. The summed E-state index contributed by atoms with van der Waals surface area (Å²) in [5, 5.41) is 0. The van der Waals surface area contributed by atoms with Crippen molar-refractivity contribution in [3.63, 3.8) is 0 Å². The average Bonchev–Trinajstić information content (AvgIpc) is 2.08. The quantitative estimate of drug-likeness (QED) is 0.603. The van der Waals surface area contributed by atoms with Crippen molar-refractivity contribution in [2.45, 2.75) is 12.7 Å². The molecule has 0 N–H and O–H groups in total. The Morgan fingerprint density at radius 2 is 1.80 bits per heavy atom. The highest BCUT2D eigenvalue weighted by molar-refractivity contribution is 8.13. The van der Waals surface area contributed by atoms with Gasteiger partial charge in [0.05, 0.1) is 5.75 Å². The van der Waals surface area contributed by atoms with Gasteiger partial charge in [-0.05, 0) is 13.0 Å². The van der Waals surface area contributed by atoms with Gasteiger partial charge in [0.15, 0.2) is 11.6 Å². The minimum absolute atomic E-state index is 0.497.